The smallest absolute Gasteiger partial charge is 0.121 e. The van der Waals surface area contributed by atoms with Gasteiger partial charge in [-0.1, -0.05) is 18.5 Å². The zero-order chi connectivity index (χ0) is 6.74. The average Bonchev–Trinajstić information content (AvgIpc) is 1.79. The highest BCUT2D eigenvalue weighted by Gasteiger charge is 2.35. The number of hydrogen-bond acceptors (Lipinski definition) is 1. The second kappa shape index (κ2) is 2.89. The molecule has 0 heterocycles. The topological polar surface area (TPSA) is 9.23 Å². The van der Waals surface area contributed by atoms with E-state index >= 15 is 0 Å². The van der Waals surface area contributed by atoms with Crippen molar-refractivity contribution >= 4 is 11.6 Å². The zero-order valence-electron chi connectivity index (χ0n) is 5.82. The fourth-order valence-corrected chi connectivity index (χ4v) is 1.52. The summed E-state index contributed by atoms with van der Waals surface area (Å²) in [6, 6.07) is 0.355. The van der Waals surface area contributed by atoms with Crippen LogP contribution in [0.4, 0.5) is 0 Å². The normalized spacial score (nSPS) is 23.3. The molecule has 1 saturated carbocycles. The summed E-state index contributed by atoms with van der Waals surface area (Å²) in [6.07, 6.45) is 4.83. The molecule has 1 nitrogen and oxygen atoms in total. The van der Waals surface area contributed by atoms with E-state index in [1.165, 1.54) is 19.3 Å². The summed E-state index contributed by atoms with van der Waals surface area (Å²) in [5, 5.41) is 0. The van der Waals surface area contributed by atoms with E-state index in [4.69, 9.17) is 16.3 Å². The van der Waals surface area contributed by atoms with Gasteiger partial charge in [-0.05, 0) is 25.7 Å². The molecular formula is C7H13ClO. The van der Waals surface area contributed by atoms with Gasteiger partial charge in [-0.15, -0.1) is 0 Å². The molecule has 0 amide bonds. The Morgan fingerprint density at radius 2 is 2.22 bits per heavy atom. The third-order valence-corrected chi connectivity index (χ3v) is 2.38. The molecule has 2 heteroatoms. The van der Waals surface area contributed by atoms with Crippen molar-refractivity contribution in [1.29, 1.82) is 0 Å². The Labute approximate surface area is 61.3 Å². The predicted octanol–water partition coefficient (Wildman–Crippen LogP) is 2.53. The van der Waals surface area contributed by atoms with Gasteiger partial charge in [0.25, 0.3) is 0 Å². The Hall–Kier alpha value is 0.250. The van der Waals surface area contributed by atoms with E-state index in [0.717, 1.165) is 6.42 Å². The highest BCUT2D eigenvalue weighted by Crippen LogP contribution is 2.38. The van der Waals surface area contributed by atoms with Crippen molar-refractivity contribution in [3.63, 3.8) is 0 Å². The quantitative estimate of drug-likeness (QED) is 0.559. The van der Waals surface area contributed by atoms with E-state index < -0.39 is 0 Å². The van der Waals surface area contributed by atoms with Gasteiger partial charge in [0.15, 0.2) is 0 Å². The summed E-state index contributed by atoms with van der Waals surface area (Å²) in [7, 11) is 0. The Bertz CT molecular complexity index is 83.4. The lowest BCUT2D eigenvalue weighted by molar-refractivity contribution is -0.0830. The molecule has 0 aromatic heterocycles. The summed E-state index contributed by atoms with van der Waals surface area (Å²) in [5.74, 6) is 0. The Morgan fingerprint density at radius 3 is 2.33 bits per heavy atom. The number of ether oxygens (including phenoxy) is 1. The first-order valence-electron chi connectivity index (χ1n) is 3.53. The standard InChI is InChI=1S/C7H13ClO/c1-2-7(9-6-8)4-3-5-7/h2-6H2,1H3. The Morgan fingerprint density at radius 1 is 1.56 bits per heavy atom. The lowest BCUT2D eigenvalue weighted by atomic mass is 9.78. The van der Waals surface area contributed by atoms with Crippen LogP contribution in [-0.2, 0) is 4.74 Å². The molecule has 0 saturated heterocycles. The van der Waals surface area contributed by atoms with E-state index in [1.807, 2.05) is 0 Å². The van der Waals surface area contributed by atoms with Crippen LogP contribution >= 0.6 is 11.6 Å². The molecule has 0 spiro atoms. The van der Waals surface area contributed by atoms with Crippen LogP contribution in [0.2, 0.25) is 0 Å². The number of halogens is 1. The predicted molar refractivity (Wildman–Crippen MR) is 38.7 cm³/mol. The third kappa shape index (κ3) is 1.39. The van der Waals surface area contributed by atoms with Gasteiger partial charge in [0, 0.05) is 0 Å². The lowest BCUT2D eigenvalue weighted by Gasteiger charge is -2.40. The molecule has 1 aliphatic rings. The van der Waals surface area contributed by atoms with Crippen LogP contribution in [0.15, 0.2) is 0 Å². The van der Waals surface area contributed by atoms with E-state index in [-0.39, 0.29) is 5.60 Å². The van der Waals surface area contributed by atoms with Gasteiger partial charge in [0.05, 0.1) is 5.60 Å². The van der Waals surface area contributed by atoms with Crippen LogP contribution in [0.25, 0.3) is 0 Å². The maximum Gasteiger partial charge on any atom is 0.121 e. The second-order valence-electron chi connectivity index (χ2n) is 2.64. The molecule has 54 valence electrons. The molecule has 0 aromatic carbocycles. The van der Waals surface area contributed by atoms with Gasteiger partial charge in [-0.2, -0.15) is 0 Å². The van der Waals surface area contributed by atoms with Gasteiger partial charge < -0.3 is 4.74 Å². The molecule has 1 rings (SSSR count). The van der Waals surface area contributed by atoms with Crippen molar-refractivity contribution < 1.29 is 4.74 Å². The molecule has 9 heavy (non-hydrogen) atoms. The van der Waals surface area contributed by atoms with E-state index in [9.17, 15) is 0 Å². The molecular weight excluding hydrogens is 136 g/mol. The monoisotopic (exact) mass is 148 g/mol. The second-order valence-corrected chi connectivity index (χ2v) is 2.86. The van der Waals surface area contributed by atoms with Crippen molar-refractivity contribution in [2.45, 2.75) is 38.2 Å². The van der Waals surface area contributed by atoms with Gasteiger partial charge in [-0.25, -0.2) is 0 Å². The maximum absolute atomic E-state index is 5.46. The number of hydrogen-bond donors (Lipinski definition) is 0. The summed E-state index contributed by atoms with van der Waals surface area (Å²) in [4.78, 5) is 0. The van der Waals surface area contributed by atoms with Crippen molar-refractivity contribution in [3.8, 4) is 0 Å². The third-order valence-electron chi connectivity index (χ3n) is 2.27. The minimum absolute atomic E-state index is 0.182. The number of alkyl halides is 1. The molecule has 0 radical (unpaired) electrons. The molecule has 0 atom stereocenters. The SMILES string of the molecule is CCC1(OCCl)CCC1. The van der Waals surface area contributed by atoms with Crippen LogP contribution in [-0.4, -0.2) is 11.7 Å². The highest BCUT2D eigenvalue weighted by atomic mass is 35.5. The Balaban J connectivity index is 2.28. The van der Waals surface area contributed by atoms with Crippen molar-refractivity contribution in [3.05, 3.63) is 0 Å². The van der Waals surface area contributed by atoms with Crippen LogP contribution in [0.1, 0.15) is 32.6 Å². The maximum atomic E-state index is 5.46. The largest absolute Gasteiger partial charge is 0.359 e. The molecule has 1 aliphatic carbocycles. The molecule has 0 bridgehead atoms. The fraction of sp³-hybridized carbons (Fsp3) is 1.00. The Kier molecular flexibility index (Phi) is 2.36. The van der Waals surface area contributed by atoms with Crippen molar-refractivity contribution in [1.82, 2.24) is 0 Å². The first-order valence-corrected chi connectivity index (χ1v) is 4.06. The molecule has 1 fully saturated rings. The van der Waals surface area contributed by atoms with Gasteiger partial charge in [0.1, 0.15) is 6.07 Å². The average molecular weight is 149 g/mol. The first-order chi connectivity index (χ1) is 4.33. The summed E-state index contributed by atoms with van der Waals surface area (Å²) in [6.45, 7) is 2.16. The summed E-state index contributed by atoms with van der Waals surface area (Å²) >= 11 is 5.46. The van der Waals surface area contributed by atoms with E-state index in [1.54, 1.807) is 0 Å². The van der Waals surface area contributed by atoms with E-state index in [0.29, 0.717) is 6.07 Å². The van der Waals surface area contributed by atoms with Crippen LogP contribution in [0.3, 0.4) is 0 Å². The van der Waals surface area contributed by atoms with Crippen molar-refractivity contribution in [2.24, 2.45) is 0 Å². The van der Waals surface area contributed by atoms with Crippen LogP contribution in [0.5, 0.6) is 0 Å². The lowest BCUT2D eigenvalue weighted by Crippen LogP contribution is -2.38. The van der Waals surface area contributed by atoms with Gasteiger partial charge in [0.2, 0.25) is 0 Å². The summed E-state index contributed by atoms with van der Waals surface area (Å²) < 4.78 is 5.38. The minimum Gasteiger partial charge on any atom is -0.359 e. The zero-order valence-corrected chi connectivity index (χ0v) is 6.58. The minimum atomic E-state index is 0.182. The van der Waals surface area contributed by atoms with Crippen molar-refractivity contribution in [2.75, 3.05) is 6.07 Å². The summed E-state index contributed by atoms with van der Waals surface area (Å²) in [5.41, 5.74) is 0.182. The molecule has 0 N–H and O–H groups in total. The van der Waals surface area contributed by atoms with Crippen LogP contribution < -0.4 is 0 Å². The van der Waals surface area contributed by atoms with Gasteiger partial charge in [-0.3, -0.25) is 0 Å². The number of rotatable bonds is 3. The highest BCUT2D eigenvalue weighted by molar-refractivity contribution is 6.17. The molecule has 0 unspecified atom stereocenters. The molecule has 0 aliphatic heterocycles. The fourth-order valence-electron chi connectivity index (χ4n) is 1.29. The molecule has 0 aromatic rings. The first kappa shape index (κ1) is 7.36. The van der Waals surface area contributed by atoms with Gasteiger partial charge >= 0.3 is 0 Å². The van der Waals surface area contributed by atoms with Crippen LogP contribution in [0, 0.1) is 0 Å². The van der Waals surface area contributed by atoms with E-state index in [2.05, 4.69) is 6.92 Å².